The number of carbonyl (C=O) groups excluding carboxylic acids is 1. The summed E-state index contributed by atoms with van der Waals surface area (Å²) in [7, 11) is 0. The summed E-state index contributed by atoms with van der Waals surface area (Å²) in [6, 6.07) is 0. The monoisotopic (exact) mass is 300 g/mol. The van der Waals surface area contributed by atoms with Gasteiger partial charge in [-0.05, 0) is 62.4 Å². The summed E-state index contributed by atoms with van der Waals surface area (Å²) >= 11 is 0. The van der Waals surface area contributed by atoms with Gasteiger partial charge in [0, 0.05) is 12.0 Å². The fourth-order valence-corrected chi connectivity index (χ4v) is 4.55. The van der Waals surface area contributed by atoms with Crippen molar-refractivity contribution >= 4 is 5.97 Å². The van der Waals surface area contributed by atoms with E-state index in [9.17, 15) is 4.79 Å². The Morgan fingerprint density at radius 2 is 1.95 bits per heavy atom. The molecule has 0 aromatic rings. The van der Waals surface area contributed by atoms with Crippen molar-refractivity contribution in [2.75, 3.05) is 0 Å². The molecule has 0 radical (unpaired) electrons. The molecule has 2 aliphatic carbocycles. The highest BCUT2D eigenvalue weighted by atomic mass is 16.5. The molecule has 0 N–H and O–H groups in total. The fourth-order valence-electron chi connectivity index (χ4n) is 4.55. The van der Waals surface area contributed by atoms with Gasteiger partial charge in [-0.3, -0.25) is 0 Å². The molecule has 0 saturated heterocycles. The second-order valence-electron chi connectivity index (χ2n) is 7.83. The van der Waals surface area contributed by atoms with Gasteiger partial charge in [-0.2, -0.15) is 0 Å². The summed E-state index contributed by atoms with van der Waals surface area (Å²) in [5.74, 6) is 0.572. The van der Waals surface area contributed by atoms with Gasteiger partial charge in [-0.25, -0.2) is 4.79 Å². The smallest absolute Gasteiger partial charge is 0.334 e. The zero-order valence-electron chi connectivity index (χ0n) is 14.2. The molecule has 2 unspecified atom stereocenters. The number of fused-ring (bicyclic) bond motifs is 1. The van der Waals surface area contributed by atoms with Gasteiger partial charge in [-0.1, -0.05) is 37.6 Å². The van der Waals surface area contributed by atoms with Crippen LogP contribution in [0, 0.1) is 11.3 Å². The molecule has 1 aliphatic heterocycles. The third-order valence-electron chi connectivity index (χ3n) is 5.94. The van der Waals surface area contributed by atoms with Crippen molar-refractivity contribution in [3.05, 3.63) is 34.9 Å². The molecule has 22 heavy (non-hydrogen) atoms. The van der Waals surface area contributed by atoms with Crippen LogP contribution in [0.2, 0.25) is 0 Å². The number of ether oxygens (including phenoxy) is 1. The van der Waals surface area contributed by atoms with Gasteiger partial charge in [-0.15, -0.1) is 0 Å². The van der Waals surface area contributed by atoms with Gasteiger partial charge in [0.2, 0.25) is 0 Å². The summed E-state index contributed by atoms with van der Waals surface area (Å²) in [6.07, 6.45) is 9.58. The van der Waals surface area contributed by atoms with E-state index in [0.29, 0.717) is 5.92 Å². The molecule has 3 rings (SSSR count). The Morgan fingerprint density at radius 1 is 1.23 bits per heavy atom. The molecule has 0 amide bonds. The molecule has 2 atom stereocenters. The molecule has 0 aromatic carbocycles. The van der Waals surface area contributed by atoms with Crippen LogP contribution in [0.5, 0.6) is 0 Å². The lowest BCUT2D eigenvalue weighted by Crippen LogP contribution is -2.34. The zero-order valence-corrected chi connectivity index (χ0v) is 14.2. The first-order valence-corrected chi connectivity index (χ1v) is 8.66. The van der Waals surface area contributed by atoms with Crippen molar-refractivity contribution in [3.8, 4) is 0 Å². The topological polar surface area (TPSA) is 26.3 Å². The molecular weight excluding hydrogens is 272 g/mol. The normalized spacial score (nSPS) is 32.0. The average molecular weight is 300 g/mol. The Labute approximate surface area is 134 Å². The molecule has 2 heteroatoms. The van der Waals surface area contributed by atoms with E-state index < -0.39 is 0 Å². The number of hydrogen-bond donors (Lipinski definition) is 0. The van der Waals surface area contributed by atoms with Crippen molar-refractivity contribution in [3.63, 3.8) is 0 Å². The maximum atomic E-state index is 12.3. The fraction of sp³-hybridized carbons (Fsp3) is 0.650. The first-order chi connectivity index (χ1) is 10.4. The van der Waals surface area contributed by atoms with Crippen LogP contribution in [0.1, 0.15) is 65.7 Å². The van der Waals surface area contributed by atoms with E-state index in [1.54, 1.807) is 0 Å². The predicted molar refractivity (Wildman–Crippen MR) is 89.4 cm³/mol. The largest absolute Gasteiger partial charge is 0.454 e. The minimum absolute atomic E-state index is 0.0285. The molecule has 1 heterocycles. The van der Waals surface area contributed by atoms with Gasteiger partial charge in [0.15, 0.2) is 0 Å². The zero-order chi connectivity index (χ0) is 15.9. The van der Waals surface area contributed by atoms with Gasteiger partial charge < -0.3 is 4.74 Å². The van der Waals surface area contributed by atoms with E-state index in [-0.39, 0.29) is 17.5 Å². The molecular formula is C20H28O2. The van der Waals surface area contributed by atoms with E-state index in [1.165, 1.54) is 23.1 Å². The minimum atomic E-state index is -0.0568. The van der Waals surface area contributed by atoms with Crippen LogP contribution >= 0.6 is 0 Å². The molecule has 0 aromatic heterocycles. The van der Waals surface area contributed by atoms with Crippen LogP contribution in [-0.4, -0.2) is 12.1 Å². The number of hydrogen-bond acceptors (Lipinski definition) is 2. The summed E-state index contributed by atoms with van der Waals surface area (Å²) < 4.78 is 5.76. The third kappa shape index (κ3) is 2.68. The molecule has 0 fully saturated rings. The highest BCUT2D eigenvalue weighted by molar-refractivity contribution is 5.93. The number of rotatable bonds is 0. The average Bonchev–Trinajstić information content (AvgIpc) is 2.74. The van der Waals surface area contributed by atoms with Crippen LogP contribution in [0.4, 0.5) is 0 Å². The van der Waals surface area contributed by atoms with Crippen LogP contribution in [0.3, 0.4) is 0 Å². The first kappa shape index (κ1) is 15.6. The van der Waals surface area contributed by atoms with Crippen molar-refractivity contribution in [1.82, 2.24) is 0 Å². The predicted octanol–water partition coefficient (Wildman–Crippen LogP) is 5.11. The van der Waals surface area contributed by atoms with E-state index >= 15 is 0 Å². The van der Waals surface area contributed by atoms with Crippen LogP contribution in [0.15, 0.2) is 34.9 Å². The van der Waals surface area contributed by atoms with E-state index in [4.69, 9.17) is 4.74 Å². The molecule has 120 valence electrons. The Kier molecular flexibility index (Phi) is 4.05. The highest BCUT2D eigenvalue weighted by Gasteiger charge is 2.47. The molecule has 2 nitrogen and oxygen atoms in total. The molecule has 2 bridgehead atoms. The second-order valence-corrected chi connectivity index (χ2v) is 7.83. The molecule has 0 saturated carbocycles. The van der Waals surface area contributed by atoms with E-state index in [2.05, 4.69) is 33.4 Å². The van der Waals surface area contributed by atoms with Crippen molar-refractivity contribution < 1.29 is 9.53 Å². The Balaban J connectivity index is 2.00. The van der Waals surface area contributed by atoms with Gasteiger partial charge >= 0.3 is 5.97 Å². The number of carbonyl (C=O) groups is 1. The standard InChI is InChI=1S/C20H28O2/c1-13-6-5-7-14(2)12-17-18-16(19(21)22-17)11-10-15(9-8-13)20(18,3)4/h7,15,17H,1,5-6,8-12H2,2-4H3. The lowest BCUT2D eigenvalue weighted by atomic mass is 9.62. The Hall–Kier alpha value is -1.31. The number of allylic oxidation sites excluding steroid dienone is 2. The van der Waals surface area contributed by atoms with Crippen molar-refractivity contribution in [2.24, 2.45) is 11.3 Å². The SMILES string of the molecule is C=C1CCC=C(C)CC2OC(=O)C3=C2C(C)(C)C(CC1)CC3. The van der Waals surface area contributed by atoms with E-state index in [1.807, 2.05) is 0 Å². The lowest BCUT2D eigenvalue weighted by Gasteiger charge is -2.41. The van der Waals surface area contributed by atoms with Crippen LogP contribution < -0.4 is 0 Å². The van der Waals surface area contributed by atoms with Crippen molar-refractivity contribution in [1.29, 1.82) is 0 Å². The maximum absolute atomic E-state index is 12.3. The first-order valence-electron chi connectivity index (χ1n) is 8.66. The van der Waals surface area contributed by atoms with Crippen LogP contribution in [0.25, 0.3) is 0 Å². The quantitative estimate of drug-likeness (QED) is 0.459. The van der Waals surface area contributed by atoms with Gasteiger partial charge in [0.05, 0.1) is 0 Å². The molecule has 0 spiro atoms. The summed E-state index contributed by atoms with van der Waals surface area (Å²) in [4.78, 5) is 12.3. The Morgan fingerprint density at radius 3 is 2.73 bits per heavy atom. The third-order valence-corrected chi connectivity index (χ3v) is 5.94. The highest BCUT2D eigenvalue weighted by Crippen LogP contribution is 2.52. The Bertz CT molecular complexity index is 562. The lowest BCUT2D eigenvalue weighted by molar-refractivity contribution is -0.139. The minimum Gasteiger partial charge on any atom is -0.454 e. The van der Waals surface area contributed by atoms with Crippen LogP contribution in [-0.2, 0) is 9.53 Å². The summed E-state index contributed by atoms with van der Waals surface area (Å²) in [6.45, 7) is 11.0. The summed E-state index contributed by atoms with van der Waals surface area (Å²) in [5.41, 5.74) is 5.04. The molecule has 3 aliphatic rings. The summed E-state index contributed by atoms with van der Waals surface area (Å²) in [5, 5.41) is 0. The van der Waals surface area contributed by atoms with Crippen molar-refractivity contribution in [2.45, 2.75) is 71.8 Å². The maximum Gasteiger partial charge on any atom is 0.334 e. The van der Waals surface area contributed by atoms with Gasteiger partial charge in [0.1, 0.15) is 6.10 Å². The van der Waals surface area contributed by atoms with Gasteiger partial charge in [0.25, 0.3) is 0 Å². The van der Waals surface area contributed by atoms with E-state index in [0.717, 1.165) is 44.1 Å². The second kappa shape index (κ2) is 5.72. The number of esters is 1.